The number of ether oxygens (including phenoxy) is 1. The zero-order chi connectivity index (χ0) is 9.26. The van der Waals surface area contributed by atoms with Gasteiger partial charge in [0.25, 0.3) is 0 Å². The Bertz CT molecular complexity index is 321. The number of nitrogens with one attached hydrogen (secondary N) is 2. The normalized spacial score (nSPS) is 19.9. The number of carbonyl (C=O) groups is 1. The number of H-pyrrole nitrogens is 1. The van der Waals surface area contributed by atoms with Crippen LogP contribution in [0.3, 0.4) is 0 Å². The molecule has 0 bridgehead atoms. The molecule has 2 heterocycles. The first-order chi connectivity index (χ1) is 6.31. The summed E-state index contributed by atoms with van der Waals surface area (Å²) in [5, 5.41) is 9.98. The molecule has 70 valence electrons. The molecule has 1 atom stereocenters. The molecule has 5 nitrogen and oxygen atoms in total. The van der Waals surface area contributed by atoms with E-state index in [1.807, 2.05) is 0 Å². The topological polar surface area (TPSA) is 67.0 Å². The van der Waals surface area contributed by atoms with E-state index in [0.717, 1.165) is 17.8 Å². The summed E-state index contributed by atoms with van der Waals surface area (Å²) in [6.45, 7) is 0.747. The Kier molecular flexibility index (Phi) is 2.02. The molecule has 0 aliphatic carbocycles. The van der Waals surface area contributed by atoms with Crippen LogP contribution in [0.1, 0.15) is 23.7 Å². The summed E-state index contributed by atoms with van der Waals surface area (Å²) in [5.41, 5.74) is 2.14. The van der Waals surface area contributed by atoms with Gasteiger partial charge in [0.2, 0.25) is 0 Å². The maximum atomic E-state index is 11.0. The van der Waals surface area contributed by atoms with E-state index in [2.05, 4.69) is 20.3 Å². The van der Waals surface area contributed by atoms with Gasteiger partial charge in [-0.3, -0.25) is 9.89 Å². The van der Waals surface area contributed by atoms with Gasteiger partial charge in [-0.15, -0.1) is 0 Å². The summed E-state index contributed by atoms with van der Waals surface area (Å²) in [6, 6.07) is 0.0567. The number of aromatic nitrogens is 2. The van der Waals surface area contributed by atoms with Crippen molar-refractivity contribution in [3.8, 4) is 0 Å². The van der Waals surface area contributed by atoms with E-state index < -0.39 is 0 Å². The number of nitrogens with zero attached hydrogens (tertiary/aromatic N) is 1. The lowest BCUT2D eigenvalue weighted by Crippen LogP contribution is -2.17. The fourth-order valence-corrected chi connectivity index (χ4v) is 1.53. The number of aromatic amines is 1. The van der Waals surface area contributed by atoms with Crippen LogP contribution in [0.25, 0.3) is 0 Å². The van der Waals surface area contributed by atoms with E-state index in [9.17, 15) is 4.79 Å². The maximum Gasteiger partial charge on any atom is 0.307 e. The molecule has 0 amide bonds. The summed E-state index contributed by atoms with van der Waals surface area (Å²) < 4.78 is 4.59. The number of carbonyl (C=O) groups excluding carboxylic acids is 1. The minimum Gasteiger partial charge on any atom is -0.469 e. The molecule has 5 heteroatoms. The van der Waals surface area contributed by atoms with Crippen LogP contribution in [0.15, 0.2) is 6.20 Å². The molecule has 0 spiro atoms. The zero-order valence-corrected chi connectivity index (χ0v) is 7.33. The van der Waals surface area contributed by atoms with Gasteiger partial charge >= 0.3 is 5.97 Å². The Morgan fingerprint density at radius 2 is 2.69 bits per heavy atom. The first kappa shape index (κ1) is 8.25. The van der Waals surface area contributed by atoms with Gasteiger partial charge in [-0.1, -0.05) is 0 Å². The highest BCUT2D eigenvalue weighted by molar-refractivity contribution is 5.70. The molecule has 0 radical (unpaired) electrons. The van der Waals surface area contributed by atoms with Gasteiger partial charge in [0, 0.05) is 18.2 Å². The van der Waals surface area contributed by atoms with Gasteiger partial charge < -0.3 is 10.1 Å². The van der Waals surface area contributed by atoms with Crippen molar-refractivity contribution in [3.63, 3.8) is 0 Å². The zero-order valence-electron chi connectivity index (χ0n) is 7.33. The first-order valence-electron chi connectivity index (χ1n) is 4.13. The molecule has 1 aromatic heterocycles. The number of methoxy groups -OCH3 is 1. The molecule has 1 aromatic rings. The predicted octanol–water partition coefficient (Wildman–Crippen LogP) is 0.117. The largest absolute Gasteiger partial charge is 0.469 e. The van der Waals surface area contributed by atoms with Crippen LogP contribution >= 0.6 is 0 Å². The van der Waals surface area contributed by atoms with Crippen LogP contribution in [0, 0.1) is 0 Å². The number of esters is 1. The third kappa shape index (κ3) is 1.42. The van der Waals surface area contributed by atoms with Crippen LogP contribution in [0.2, 0.25) is 0 Å². The SMILES string of the molecule is COC(=O)CC1NCc2[nH]ncc21. The van der Waals surface area contributed by atoms with Crippen molar-refractivity contribution in [2.75, 3.05) is 7.11 Å². The summed E-state index contributed by atoms with van der Waals surface area (Å²) in [4.78, 5) is 11.0. The van der Waals surface area contributed by atoms with Gasteiger partial charge in [-0.05, 0) is 0 Å². The maximum absolute atomic E-state index is 11.0. The second kappa shape index (κ2) is 3.18. The van der Waals surface area contributed by atoms with Crippen molar-refractivity contribution in [3.05, 3.63) is 17.5 Å². The highest BCUT2D eigenvalue weighted by Crippen LogP contribution is 2.25. The molecular weight excluding hydrogens is 170 g/mol. The lowest BCUT2D eigenvalue weighted by Gasteiger charge is -2.07. The smallest absolute Gasteiger partial charge is 0.307 e. The monoisotopic (exact) mass is 181 g/mol. The summed E-state index contributed by atoms with van der Waals surface area (Å²) in [5.74, 6) is -0.202. The third-order valence-electron chi connectivity index (χ3n) is 2.25. The Labute approximate surface area is 75.5 Å². The summed E-state index contributed by atoms with van der Waals surface area (Å²) in [7, 11) is 1.40. The molecule has 1 aliphatic heterocycles. The van der Waals surface area contributed by atoms with Crippen LogP contribution in [0.5, 0.6) is 0 Å². The molecular formula is C8H11N3O2. The molecule has 2 N–H and O–H groups in total. The van der Waals surface area contributed by atoms with Gasteiger partial charge in [-0.25, -0.2) is 0 Å². The molecule has 0 fully saturated rings. The summed E-state index contributed by atoms with van der Waals surface area (Å²) >= 11 is 0. The van der Waals surface area contributed by atoms with Crippen LogP contribution < -0.4 is 5.32 Å². The van der Waals surface area contributed by atoms with E-state index in [1.165, 1.54) is 7.11 Å². The molecule has 1 unspecified atom stereocenters. The minimum atomic E-state index is -0.202. The standard InChI is InChI=1S/C8H11N3O2/c1-13-8(12)2-6-5-3-10-11-7(5)4-9-6/h3,6,9H,2,4H2,1H3,(H,10,11). The minimum absolute atomic E-state index is 0.0567. The number of hydrogen-bond donors (Lipinski definition) is 2. The molecule has 0 saturated heterocycles. The fourth-order valence-electron chi connectivity index (χ4n) is 1.53. The quantitative estimate of drug-likeness (QED) is 0.636. The lowest BCUT2D eigenvalue weighted by molar-refractivity contribution is -0.141. The van der Waals surface area contributed by atoms with E-state index in [4.69, 9.17) is 0 Å². The number of fused-ring (bicyclic) bond motifs is 1. The highest BCUT2D eigenvalue weighted by Gasteiger charge is 2.25. The van der Waals surface area contributed by atoms with Crippen molar-refractivity contribution >= 4 is 5.97 Å². The average Bonchev–Trinajstić information content (AvgIpc) is 2.69. The molecule has 13 heavy (non-hydrogen) atoms. The predicted molar refractivity (Wildman–Crippen MR) is 44.8 cm³/mol. The molecule has 2 rings (SSSR count). The van der Waals surface area contributed by atoms with E-state index >= 15 is 0 Å². The number of rotatable bonds is 2. The Balaban J connectivity index is 2.08. The van der Waals surface area contributed by atoms with Crippen molar-refractivity contribution in [2.24, 2.45) is 0 Å². The van der Waals surface area contributed by atoms with E-state index in [1.54, 1.807) is 6.20 Å². The molecule has 1 aliphatic rings. The second-order valence-corrected chi connectivity index (χ2v) is 3.02. The average molecular weight is 181 g/mol. The Hall–Kier alpha value is -1.36. The van der Waals surface area contributed by atoms with Crippen LogP contribution in [-0.2, 0) is 16.1 Å². The van der Waals surface area contributed by atoms with Gasteiger partial charge in [0.1, 0.15) is 0 Å². The van der Waals surface area contributed by atoms with Gasteiger partial charge in [0.15, 0.2) is 0 Å². The summed E-state index contributed by atoms with van der Waals surface area (Å²) in [6.07, 6.45) is 2.12. The Morgan fingerprint density at radius 3 is 3.46 bits per heavy atom. The van der Waals surface area contributed by atoms with Crippen LogP contribution in [-0.4, -0.2) is 23.3 Å². The second-order valence-electron chi connectivity index (χ2n) is 3.02. The Morgan fingerprint density at radius 1 is 1.85 bits per heavy atom. The van der Waals surface area contributed by atoms with Crippen molar-refractivity contribution in [2.45, 2.75) is 19.0 Å². The van der Waals surface area contributed by atoms with Crippen LogP contribution in [0.4, 0.5) is 0 Å². The van der Waals surface area contributed by atoms with Crippen molar-refractivity contribution in [1.29, 1.82) is 0 Å². The fraction of sp³-hybridized carbons (Fsp3) is 0.500. The lowest BCUT2D eigenvalue weighted by atomic mass is 10.1. The van der Waals surface area contributed by atoms with E-state index in [0.29, 0.717) is 6.42 Å². The van der Waals surface area contributed by atoms with E-state index in [-0.39, 0.29) is 12.0 Å². The first-order valence-corrected chi connectivity index (χ1v) is 4.13. The van der Waals surface area contributed by atoms with Gasteiger partial charge in [-0.2, -0.15) is 5.10 Å². The van der Waals surface area contributed by atoms with Crippen molar-refractivity contribution < 1.29 is 9.53 Å². The third-order valence-corrected chi connectivity index (χ3v) is 2.25. The highest BCUT2D eigenvalue weighted by atomic mass is 16.5. The molecule has 0 aromatic carbocycles. The molecule has 0 saturated carbocycles. The van der Waals surface area contributed by atoms with Gasteiger partial charge in [0.05, 0.1) is 25.4 Å². The van der Waals surface area contributed by atoms with Crippen molar-refractivity contribution in [1.82, 2.24) is 15.5 Å². The number of hydrogen-bond acceptors (Lipinski definition) is 4.